The molecule has 2 rings (SSSR count). The molecule has 0 heterocycles. The number of hydrogen-bond acceptors (Lipinski definition) is 3. The minimum atomic E-state index is -0.270. The minimum absolute atomic E-state index is 0.0393. The van der Waals surface area contributed by atoms with Crippen LogP contribution in [0.1, 0.15) is 31.4 Å². The van der Waals surface area contributed by atoms with Gasteiger partial charge in [-0.25, -0.2) is 0 Å². The van der Waals surface area contributed by atoms with Crippen LogP contribution in [0.3, 0.4) is 0 Å². The summed E-state index contributed by atoms with van der Waals surface area (Å²) < 4.78 is 0. The zero-order valence-electron chi connectivity index (χ0n) is 10.9. The van der Waals surface area contributed by atoms with E-state index in [4.69, 9.17) is 5.73 Å². The van der Waals surface area contributed by atoms with Crippen molar-refractivity contribution in [3.05, 3.63) is 29.8 Å². The Balaban J connectivity index is 1.98. The molecule has 1 fully saturated rings. The second kappa shape index (κ2) is 5.33. The highest BCUT2D eigenvalue weighted by atomic mass is 32.2. The Morgan fingerprint density at radius 1 is 1.44 bits per heavy atom. The molecule has 1 atom stereocenters. The monoisotopic (exact) mass is 264 g/mol. The van der Waals surface area contributed by atoms with Crippen molar-refractivity contribution in [1.82, 2.24) is 5.32 Å². The summed E-state index contributed by atoms with van der Waals surface area (Å²) >= 11 is 1.72. The maximum absolute atomic E-state index is 12.1. The lowest BCUT2D eigenvalue weighted by Crippen LogP contribution is -2.37. The number of nitrogens with one attached hydrogen (secondary N) is 1. The topological polar surface area (TPSA) is 55.1 Å². The number of benzene rings is 1. The van der Waals surface area contributed by atoms with Crippen LogP contribution >= 0.6 is 11.8 Å². The van der Waals surface area contributed by atoms with Gasteiger partial charge in [-0.1, -0.05) is 12.1 Å². The van der Waals surface area contributed by atoms with Crippen LogP contribution in [0.15, 0.2) is 29.2 Å². The van der Waals surface area contributed by atoms with E-state index in [9.17, 15) is 4.79 Å². The molecular weight excluding hydrogens is 244 g/mol. The highest BCUT2D eigenvalue weighted by Gasteiger charge is 2.48. The SMILES string of the molecule is CSc1ccc(C(C)NC(=O)C2(CN)CC2)cc1. The molecule has 0 spiro atoms. The molecule has 1 aliphatic rings. The van der Waals surface area contributed by atoms with Gasteiger partial charge in [0.05, 0.1) is 11.5 Å². The fraction of sp³-hybridized carbons (Fsp3) is 0.500. The molecule has 3 nitrogen and oxygen atoms in total. The van der Waals surface area contributed by atoms with Crippen LogP contribution < -0.4 is 11.1 Å². The lowest BCUT2D eigenvalue weighted by atomic mass is 10.0. The highest BCUT2D eigenvalue weighted by molar-refractivity contribution is 7.98. The molecule has 3 N–H and O–H groups in total. The summed E-state index contributed by atoms with van der Waals surface area (Å²) in [6.07, 6.45) is 3.90. The van der Waals surface area contributed by atoms with Crippen molar-refractivity contribution in [3.63, 3.8) is 0 Å². The number of hydrogen-bond donors (Lipinski definition) is 2. The lowest BCUT2D eigenvalue weighted by Gasteiger charge is -2.19. The molecule has 18 heavy (non-hydrogen) atoms. The predicted octanol–water partition coefficient (Wildman–Crippen LogP) is 2.32. The van der Waals surface area contributed by atoms with Crippen molar-refractivity contribution >= 4 is 17.7 Å². The fourth-order valence-corrected chi connectivity index (χ4v) is 2.41. The van der Waals surface area contributed by atoms with Gasteiger partial charge in [0.2, 0.25) is 5.91 Å². The van der Waals surface area contributed by atoms with Crippen LogP contribution in [-0.2, 0) is 4.79 Å². The third-order valence-corrected chi connectivity index (χ3v) is 4.43. The van der Waals surface area contributed by atoms with Crippen molar-refractivity contribution in [1.29, 1.82) is 0 Å². The quantitative estimate of drug-likeness (QED) is 0.803. The van der Waals surface area contributed by atoms with Crippen LogP contribution in [0.25, 0.3) is 0 Å². The van der Waals surface area contributed by atoms with Gasteiger partial charge in [-0.15, -0.1) is 11.8 Å². The van der Waals surface area contributed by atoms with Gasteiger partial charge in [0.1, 0.15) is 0 Å². The first-order valence-corrected chi connectivity index (χ1v) is 7.49. The summed E-state index contributed by atoms with van der Waals surface area (Å²) in [6.45, 7) is 2.47. The van der Waals surface area contributed by atoms with E-state index in [2.05, 4.69) is 35.8 Å². The molecule has 1 unspecified atom stereocenters. The Labute approximate surface area is 113 Å². The van der Waals surface area contributed by atoms with E-state index in [1.807, 2.05) is 6.92 Å². The first-order chi connectivity index (χ1) is 8.61. The average molecular weight is 264 g/mol. The molecule has 0 aromatic heterocycles. The molecule has 0 saturated heterocycles. The predicted molar refractivity (Wildman–Crippen MR) is 75.5 cm³/mol. The molecule has 1 aromatic rings. The number of thioether (sulfide) groups is 1. The first-order valence-electron chi connectivity index (χ1n) is 6.26. The Morgan fingerprint density at radius 2 is 2.06 bits per heavy atom. The van der Waals surface area contributed by atoms with E-state index in [0.29, 0.717) is 6.54 Å². The van der Waals surface area contributed by atoms with Crippen LogP contribution in [0.2, 0.25) is 0 Å². The maximum atomic E-state index is 12.1. The van der Waals surface area contributed by atoms with Crippen LogP contribution in [-0.4, -0.2) is 18.7 Å². The van der Waals surface area contributed by atoms with Gasteiger partial charge in [0, 0.05) is 11.4 Å². The van der Waals surface area contributed by atoms with E-state index >= 15 is 0 Å². The summed E-state index contributed by atoms with van der Waals surface area (Å²) in [4.78, 5) is 13.3. The van der Waals surface area contributed by atoms with Crippen molar-refractivity contribution in [2.45, 2.75) is 30.7 Å². The Hall–Kier alpha value is -1.00. The number of rotatable bonds is 5. The molecular formula is C14H20N2OS. The number of carbonyl (C=O) groups is 1. The smallest absolute Gasteiger partial charge is 0.227 e. The minimum Gasteiger partial charge on any atom is -0.349 e. The summed E-state index contributed by atoms with van der Waals surface area (Å²) in [6, 6.07) is 8.34. The number of amides is 1. The van der Waals surface area contributed by atoms with Crippen LogP contribution in [0.4, 0.5) is 0 Å². The lowest BCUT2D eigenvalue weighted by molar-refractivity contribution is -0.126. The molecule has 1 saturated carbocycles. The highest BCUT2D eigenvalue weighted by Crippen LogP contribution is 2.45. The van der Waals surface area contributed by atoms with E-state index in [1.54, 1.807) is 11.8 Å². The molecule has 1 aliphatic carbocycles. The van der Waals surface area contributed by atoms with Gasteiger partial charge in [-0.05, 0) is 43.7 Å². The van der Waals surface area contributed by atoms with Gasteiger partial charge in [-0.2, -0.15) is 0 Å². The summed E-state index contributed by atoms with van der Waals surface area (Å²) in [7, 11) is 0. The molecule has 1 aromatic carbocycles. The van der Waals surface area contributed by atoms with Gasteiger partial charge < -0.3 is 11.1 Å². The Morgan fingerprint density at radius 3 is 2.50 bits per heavy atom. The second-order valence-corrected chi connectivity index (χ2v) is 5.83. The van der Waals surface area contributed by atoms with Gasteiger partial charge in [0.15, 0.2) is 0 Å². The second-order valence-electron chi connectivity index (χ2n) is 4.95. The summed E-state index contributed by atoms with van der Waals surface area (Å²) in [5.41, 5.74) is 6.52. The zero-order valence-corrected chi connectivity index (χ0v) is 11.7. The van der Waals surface area contributed by atoms with Gasteiger partial charge in [0.25, 0.3) is 0 Å². The van der Waals surface area contributed by atoms with E-state index < -0.39 is 0 Å². The Bertz CT molecular complexity index is 426. The van der Waals surface area contributed by atoms with Crippen LogP contribution in [0.5, 0.6) is 0 Å². The largest absolute Gasteiger partial charge is 0.349 e. The first kappa shape index (κ1) is 13.4. The van der Waals surface area contributed by atoms with E-state index in [-0.39, 0.29) is 17.4 Å². The Kier molecular flexibility index (Phi) is 3.97. The molecule has 0 aliphatic heterocycles. The van der Waals surface area contributed by atoms with Crippen molar-refractivity contribution in [2.75, 3.05) is 12.8 Å². The molecule has 4 heteroatoms. The van der Waals surface area contributed by atoms with Crippen molar-refractivity contribution in [3.8, 4) is 0 Å². The van der Waals surface area contributed by atoms with Gasteiger partial charge in [-0.3, -0.25) is 4.79 Å². The molecule has 1 amide bonds. The normalized spacial score (nSPS) is 18.2. The van der Waals surface area contributed by atoms with Crippen molar-refractivity contribution in [2.24, 2.45) is 11.1 Å². The standard InChI is InChI=1S/C14H20N2OS/c1-10(11-3-5-12(18-2)6-4-11)16-13(17)14(9-15)7-8-14/h3-6,10H,7-9,15H2,1-2H3,(H,16,17). The summed E-state index contributed by atoms with van der Waals surface area (Å²) in [5.74, 6) is 0.103. The van der Waals surface area contributed by atoms with Crippen molar-refractivity contribution < 1.29 is 4.79 Å². The third kappa shape index (κ3) is 2.70. The molecule has 0 bridgehead atoms. The number of nitrogens with two attached hydrogens (primary N) is 1. The van der Waals surface area contributed by atoms with Gasteiger partial charge >= 0.3 is 0 Å². The van der Waals surface area contributed by atoms with Crippen LogP contribution in [0, 0.1) is 5.41 Å². The summed E-state index contributed by atoms with van der Waals surface area (Å²) in [5, 5.41) is 3.06. The average Bonchev–Trinajstić information content (AvgIpc) is 3.19. The van der Waals surface area contributed by atoms with E-state index in [0.717, 1.165) is 18.4 Å². The maximum Gasteiger partial charge on any atom is 0.227 e. The fourth-order valence-electron chi connectivity index (χ4n) is 2.00. The zero-order chi connectivity index (χ0) is 13.2. The molecule has 98 valence electrons. The number of carbonyl (C=O) groups excluding carboxylic acids is 1. The molecule has 0 radical (unpaired) electrons. The van der Waals surface area contributed by atoms with E-state index in [1.165, 1.54) is 4.90 Å². The third-order valence-electron chi connectivity index (χ3n) is 3.69.